The summed E-state index contributed by atoms with van der Waals surface area (Å²) in [5.41, 5.74) is 0. The van der Waals surface area contributed by atoms with Gasteiger partial charge in [-0.3, -0.25) is 0 Å². The van der Waals surface area contributed by atoms with E-state index in [0.717, 1.165) is 0 Å². The number of aliphatic hydroxyl groups is 7. The lowest BCUT2D eigenvalue weighted by Crippen LogP contribution is -2.59. The summed E-state index contributed by atoms with van der Waals surface area (Å²) in [5, 5.41) is 65.7. The molecular formula is C11H22O9. The zero-order valence-corrected chi connectivity index (χ0v) is 11.0. The summed E-state index contributed by atoms with van der Waals surface area (Å²) in [5.74, 6) is 0. The average molecular weight is 298 g/mol. The van der Waals surface area contributed by atoms with Crippen LogP contribution in [0.15, 0.2) is 0 Å². The summed E-state index contributed by atoms with van der Waals surface area (Å²) < 4.78 is 10.3. The Kier molecular flexibility index (Phi) is 6.72. The number of rotatable bonds is 6. The third-order valence-corrected chi connectivity index (χ3v) is 3.23. The van der Waals surface area contributed by atoms with Gasteiger partial charge in [-0.1, -0.05) is 0 Å². The van der Waals surface area contributed by atoms with Crippen LogP contribution in [0.25, 0.3) is 0 Å². The first-order valence-electron chi connectivity index (χ1n) is 6.26. The molecule has 0 bridgehead atoms. The van der Waals surface area contributed by atoms with Gasteiger partial charge in [0.2, 0.25) is 0 Å². The van der Waals surface area contributed by atoms with E-state index in [2.05, 4.69) is 0 Å². The second-order valence-corrected chi connectivity index (χ2v) is 4.78. The Morgan fingerprint density at radius 2 is 1.45 bits per heavy atom. The standard InChI is InChI=1S/C11H22O9/c1-4-7(16)8(17)9(18)11(19-4)20-10(5(14)2-12)6(15)3-13/h4-18H,2-3H2,1H3/t4-,5-,6+,7-,8+,9+,10?,11-/m0/s1. The summed E-state index contributed by atoms with van der Waals surface area (Å²) in [6, 6.07) is 0. The van der Waals surface area contributed by atoms with Gasteiger partial charge in [-0.25, -0.2) is 0 Å². The van der Waals surface area contributed by atoms with Crippen LogP contribution in [0.1, 0.15) is 6.92 Å². The third kappa shape index (κ3) is 3.85. The lowest BCUT2D eigenvalue weighted by molar-refractivity contribution is -0.319. The molecule has 20 heavy (non-hydrogen) atoms. The van der Waals surface area contributed by atoms with Crippen molar-refractivity contribution < 1.29 is 45.2 Å². The van der Waals surface area contributed by atoms with Crippen molar-refractivity contribution in [3.63, 3.8) is 0 Å². The predicted octanol–water partition coefficient (Wildman–Crippen LogP) is -4.09. The molecule has 0 saturated carbocycles. The highest BCUT2D eigenvalue weighted by atomic mass is 16.7. The van der Waals surface area contributed by atoms with Crippen molar-refractivity contribution in [2.75, 3.05) is 13.2 Å². The smallest absolute Gasteiger partial charge is 0.187 e. The highest BCUT2D eigenvalue weighted by Gasteiger charge is 2.44. The van der Waals surface area contributed by atoms with Gasteiger partial charge >= 0.3 is 0 Å². The Balaban J connectivity index is 2.77. The molecule has 9 nitrogen and oxygen atoms in total. The van der Waals surface area contributed by atoms with E-state index in [1.54, 1.807) is 0 Å². The second kappa shape index (κ2) is 7.59. The third-order valence-electron chi connectivity index (χ3n) is 3.23. The van der Waals surface area contributed by atoms with Gasteiger partial charge in [-0.05, 0) is 6.92 Å². The van der Waals surface area contributed by atoms with Gasteiger partial charge in [0.1, 0.15) is 36.6 Å². The number of ether oxygens (including phenoxy) is 2. The van der Waals surface area contributed by atoms with Crippen molar-refractivity contribution in [3.05, 3.63) is 0 Å². The molecule has 1 aliphatic heterocycles. The van der Waals surface area contributed by atoms with Crippen LogP contribution in [0, 0.1) is 0 Å². The molecule has 1 saturated heterocycles. The molecule has 120 valence electrons. The van der Waals surface area contributed by atoms with Gasteiger partial charge in [0.15, 0.2) is 6.29 Å². The maximum Gasteiger partial charge on any atom is 0.187 e. The molecule has 0 aromatic carbocycles. The minimum absolute atomic E-state index is 0.745. The lowest BCUT2D eigenvalue weighted by Gasteiger charge is -2.41. The van der Waals surface area contributed by atoms with Gasteiger partial charge in [0.05, 0.1) is 19.3 Å². The molecule has 1 unspecified atom stereocenters. The SMILES string of the molecule is C[C@@H]1O[C@@H](OC([C@H](O)CO)[C@@H](O)CO)[C@H](O)[C@H](O)[C@H]1O. The van der Waals surface area contributed by atoms with E-state index in [-0.39, 0.29) is 0 Å². The minimum Gasteiger partial charge on any atom is -0.394 e. The molecular weight excluding hydrogens is 276 g/mol. The zero-order chi connectivity index (χ0) is 15.4. The van der Waals surface area contributed by atoms with E-state index in [9.17, 15) is 25.5 Å². The van der Waals surface area contributed by atoms with E-state index >= 15 is 0 Å². The van der Waals surface area contributed by atoms with E-state index in [0.29, 0.717) is 0 Å². The molecule has 1 fully saturated rings. The van der Waals surface area contributed by atoms with Gasteiger partial charge in [-0.15, -0.1) is 0 Å². The van der Waals surface area contributed by atoms with Crippen molar-refractivity contribution in [2.45, 2.75) is 55.9 Å². The molecule has 7 N–H and O–H groups in total. The Bertz CT molecular complexity index is 279. The first-order chi connectivity index (χ1) is 9.33. The van der Waals surface area contributed by atoms with E-state index in [4.69, 9.17) is 19.7 Å². The van der Waals surface area contributed by atoms with Crippen LogP contribution in [-0.4, -0.2) is 98.0 Å². The Morgan fingerprint density at radius 1 is 0.950 bits per heavy atom. The highest BCUT2D eigenvalue weighted by molar-refractivity contribution is 4.88. The minimum atomic E-state index is -1.61. The summed E-state index contributed by atoms with van der Waals surface area (Å²) in [7, 11) is 0. The van der Waals surface area contributed by atoms with Crippen LogP contribution in [0.5, 0.6) is 0 Å². The van der Waals surface area contributed by atoms with Crippen LogP contribution < -0.4 is 0 Å². The molecule has 1 aliphatic rings. The number of aliphatic hydroxyl groups excluding tert-OH is 7. The molecule has 1 rings (SSSR count). The van der Waals surface area contributed by atoms with Crippen LogP contribution >= 0.6 is 0 Å². The molecule has 0 spiro atoms. The largest absolute Gasteiger partial charge is 0.394 e. The molecule has 8 atom stereocenters. The maximum absolute atomic E-state index is 9.74. The Hall–Kier alpha value is -0.360. The lowest BCUT2D eigenvalue weighted by atomic mass is 9.99. The molecule has 0 amide bonds. The van der Waals surface area contributed by atoms with Crippen molar-refractivity contribution in [1.82, 2.24) is 0 Å². The highest BCUT2D eigenvalue weighted by Crippen LogP contribution is 2.24. The van der Waals surface area contributed by atoms with Crippen LogP contribution in [0.4, 0.5) is 0 Å². The fraction of sp³-hybridized carbons (Fsp3) is 1.00. The fourth-order valence-electron chi connectivity index (χ4n) is 1.93. The van der Waals surface area contributed by atoms with Crippen molar-refractivity contribution in [1.29, 1.82) is 0 Å². The molecule has 1 heterocycles. The molecule has 9 heteroatoms. The summed E-state index contributed by atoms with van der Waals surface area (Å²) in [4.78, 5) is 0. The molecule has 0 aromatic heterocycles. The van der Waals surface area contributed by atoms with E-state index < -0.39 is 62.2 Å². The van der Waals surface area contributed by atoms with Gasteiger partial charge < -0.3 is 45.2 Å². The van der Waals surface area contributed by atoms with Crippen LogP contribution in [0.3, 0.4) is 0 Å². The van der Waals surface area contributed by atoms with Crippen LogP contribution in [0.2, 0.25) is 0 Å². The topological polar surface area (TPSA) is 160 Å². The number of hydrogen-bond donors (Lipinski definition) is 7. The van der Waals surface area contributed by atoms with E-state index in [1.165, 1.54) is 6.92 Å². The molecule has 0 aromatic rings. The first-order valence-corrected chi connectivity index (χ1v) is 6.26. The van der Waals surface area contributed by atoms with Crippen molar-refractivity contribution in [2.24, 2.45) is 0 Å². The van der Waals surface area contributed by atoms with Crippen molar-refractivity contribution >= 4 is 0 Å². The quantitative estimate of drug-likeness (QED) is 0.258. The van der Waals surface area contributed by atoms with Gasteiger partial charge in [0.25, 0.3) is 0 Å². The summed E-state index contributed by atoms with van der Waals surface area (Å²) in [6.07, 6.45) is -11.2. The van der Waals surface area contributed by atoms with Gasteiger partial charge in [0, 0.05) is 0 Å². The van der Waals surface area contributed by atoms with Crippen molar-refractivity contribution in [3.8, 4) is 0 Å². The molecule has 0 aliphatic carbocycles. The Labute approximate surface area is 115 Å². The van der Waals surface area contributed by atoms with Gasteiger partial charge in [-0.2, -0.15) is 0 Å². The summed E-state index contributed by atoms with van der Waals surface area (Å²) in [6.45, 7) is -0.0490. The molecule has 0 radical (unpaired) electrons. The predicted molar refractivity (Wildman–Crippen MR) is 63.4 cm³/mol. The number of hydrogen-bond acceptors (Lipinski definition) is 9. The average Bonchev–Trinajstić information content (AvgIpc) is 2.45. The maximum atomic E-state index is 9.74. The summed E-state index contributed by atoms with van der Waals surface area (Å²) >= 11 is 0. The first kappa shape index (κ1) is 17.7. The zero-order valence-electron chi connectivity index (χ0n) is 11.0. The Morgan fingerprint density at radius 3 is 1.90 bits per heavy atom. The second-order valence-electron chi connectivity index (χ2n) is 4.78. The fourth-order valence-corrected chi connectivity index (χ4v) is 1.93. The monoisotopic (exact) mass is 298 g/mol. The normalized spacial score (nSPS) is 39.3. The van der Waals surface area contributed by atoms with Crippen LogP contribution in [-0.2, 0) is 9.47 Å². The van der Waals surface area contributed by atoms with E-state index in [1.807, 2.05) is 0 Å².